The van der Waals surface area contributed by atoms with Gasteiger partial charge in [0.25, 0.3) is 0 Å². The van der Waals surface area contributed by atoms with E-state index in [0.717, 1.165) is 36.8 Å². The molecule has 14 N–H and O–H groups in total. The Hall–Kier alpha value is -6.04. The number of rotatable bonds is 40. The number of aliphatic hydroxyl groups excluding tert-OH is 2. The zero-order valence-corrected chi connectivity index (χ0v) is 54.4. The lowest BCUT2D eigenvalue weighted by Crippen LogP contribution is -2.46. The van der Waals surface area contributed by atoms with E-state index in [1.807, 2.05) is 64.1 Å². The number of carbonyl (C=O) groups is 6. The normalized spacial score (nSPS) is 14.6. The highest BCUT2D eigenvalue weighted by Crippen LogP contribution is 2.34. The maximum Gasteiger partial charge on any atom is 0.328 e. The van der Waals surface area contributed by atoms with Crippen LogP contribution in [-0.2, 0) is 51.1 Å². The van der Waals surface area contributed by atoms with Gasteiger partial charge in [-0.3, -0.25) is 19.2 Å². The number of ether oxygens (including phenoxy) is 6. The number of primary amides is 2. The molecule has 492 valence electrons. The SMILES string of the molecule is COCCCOc1cc(C[C@H](C[C@H](N)[C@@H](O)C[C@H](C(=O)NCC(C)(C)C(N)=O)C(C)C)C(C)C)ccc1OC.COCCCOc1cc(C[C@H](C[C@H](N)[C@@H](O)C[C@H](C(=O)NCC(C)(C)C(N)=O)C(C)C)C(C)C)ccc1OC.O=C(O)/C=C/C(=O)O. The predicted molar refractivity (Wildman–Crippen MR) is 333 cm³/mol. The first-order chi connectivity index (χ1) is 40.1. The van der Waals surface area contributed by atoms with Gasteiger partial charge in [0.05, 0.1) is 50.5 Å². The van der Waals surface area contributed by atoms with Crippen LogP contribution >= 0.6 is 0 Å². The summed E-state index contributed by atoms with van der Waals surface area (Å²) < 4.78 is 33.0. The quantitative estimate of drug-likeness (QED) is 0.0258. The van der Waals surface area contributed by atoms with E-state index in [1.54, 1.807) is 56.1 Å². The zero-order valence-electron chi connectivity index (χ0n) is 54.4. The molecule has 0 aromatic heterocycles. The summed E-state index contributed by atoms with van der Waals surface area (Å²) >= 11 is 0. The second-order valence-electron chi connectivity index (χ2n) is 24.8. The summed E-state index contributed by atoms with van der Waals surface area (Å²) in [6.45, 7) is 25.7. The van der Waals surface area contributed by atoms with Crippen molar-refractivity contribution in [3.05, 3.63) is 59.7 Å². The van der Waals surface area contributed by atoms with E-state index < -0.39 is 70.7 Å². The molecule has 0 fully saturated rings. The molecule has 0 radical (unpaired) electrons. The third kappa shape index (κ3) is 31.6. The fourth-order valence-corrected chi connectivity index (χ4v) is 8.92. The summed E-state index contributed by atoms with van der Waals surface area (Å²) in [6, 6.07) is 10.9. The third-order valence-corrected chi connectivity index (χ3v) is 15.4. The van der Waals surface area contributed by atoms with Gasteiger partial charge in [-0.05, 0) is 137 Å². The molecule has 0 aliphatic heterocycles. The van der Waals surface area contributed by atoms with Crippen molar-refractivity contribution in [2.45, 2.75) is 159 Å². The van der Waals surface area contributed by atoms with Crippen molar-refractivity contribution in [3.8, 4) is 23.0 Å². The molecule has 2 rings (SSSR count). The van der Waals surface area contributed by atoms with E-state index in [-0.39, 0.29) is 61.4 Å². The Morgan fingerprint density at radius 2 is 0.837 bits per heavy atom. The molecule has 0 aliphatic rings. The number of aliphatic carboxylic acids is 2. The van der Waals surface area contributed by atoms with Crippen LogP contribution in [0.1, 0.15) is 133 Å². The van der Waals surface area contributed by atoms with Gasteiger partial charge in [0, 0.05) is 89.4 Å². The summed E-state index contributed by atoms with van der Waals surface area (Å²) in [5.74, 6) is -0.929. The molecule has 22 heteroatoms. The van der Waals surface area contributed by atoms with Crippen LogP contribution in [0.5, 0.6) is 23.0 Å². The molecule has 8 atom stereocenters. The molecule has 0 aliphatic carbocycles. The number of carboxylic acid groups (broad SMARTS) is 2. The van der Waals surface area contributed by atoms with E-state index in [4.69, 9.17) is 61.6 Å². The van der Waals surface area contributed by atoms with Crippen LogP contribution in [-0.4, -0.2) is 148 Å². The number of nitrogens with one attached hydrogen (secondary N) is 2. The Morgan fingerprint density at radius 1 is 0.512 bits per heavy atom. The van der Waals surface area contributed by atoms with Crippen LogP contribution in [0.4, 0.5) is 0 Å². The average Bonchev–Trinajstić information content (AvgIpc) is 2.92. The molecule has 86 heavy (non-hydrogen) atoms. The molecule has 0 spiro atoms. The molecular weight excluding hydrogens is 1110 g/mol. The van der Waals surface area contributed by atoms with Crippen LogP contribution in [0.15, 0.2) is 48.6 Å². The van der Waals surface area contributed by atoms with E-state index in [9.17, 15) is 39.0 Å². The van der Waals surface area contributed by atoms with Gasteiger partial charge >= 0.3 is 11.9 Å². The van der Waals surface area contributed by atoms with Crippen molar-refractivity contribution in [1.82, 2.24) is 10.6 Å². The van der Waals surface area contributed by atoms with Crippen LogP contribution < -0.4 is 52.5 Å². The van der Waals surface area contributed by atoms with Crippen LogP contribution in [0.3, 0.4) is 0 Å². The highest BCUT2D eigenvalue weighted by molar-refractivity contribution is 5.89. The van der Waals surface area contributed by atoms with E-state index in [1.165, 1.54) is 0 Å². The second kappa shape index (κ2) is 41.2. The molecule has 0 saturated heterocycles. The first-order valence-electron chi connectivity index (χ1n) is 29.8. The molecular formula is C64H110N6O16. The lowest BCUT2D eigenvalue weighted by Gasteiger charge is -2.30. The number of benzene rings is 2. The first-order valence-corrected chi connectivity index (χ1v) is 29.8. The van der Waals surface area contributed by atoms with Gasteiger partial charge in [-0.15, -0.1) is 0 Å². The monoisotopic (exact) mass is 1220 g/mol. The number of nitrogens with two attached hydrogens (primary N) is 4. The summed E-state index contributed by atoms with van der Waals surface area (Å²) in [5.41, 5.74) is 24.4. The zero-order chi connectivity index (χ0) is 66.1. The summed E-state index contributed by atoms with van der Waals surface area (Å²) in [7, 11) is 6.58. The Bertz CT molecular complexity index is 2200. The van der Waals surface area contributed by atoms with Crippen LogP contribution in [0, 0.1) is 58.2 Å². The smallest absolute Gasteiger partial charge is 0.328 e. The first kappa shape index (κ1) is 80.0. The van der Waals surface area contributed by atoms with E-state index >= 15 is 0 Å². The van der Waals surface area contributed by atoms with Crippen LogP contribution in [0.25, 0.3) is 0 Å². The summed E-state index contributed by atoms with van der Waals surface area (Å²) in [6.07, 6.45) is 4.24. The van der Waals surface area contributed by atoms with Crippen LogP contribution in [0.2, 0.25) is 0 Å². The molecule has 0 saturated carbocycles. The number of aliphatic hydroxyl groups is 2. The van der Waals surface area contributed by atoms with E-state index in [2.05, 4.69) is 38.3 Å². The lowest BCUT2D eigenvalue weighted by molar-refractivity contribution is -0.134. The van der Waals surface area contributed by atoms with Crippen molar-refractivity contribution in [1.29, 1.82) is 0 Å². The topological polar surface area (TPSA) is 367 Å². The molecule has 0 heterocycles. The predicted octanol–water partition coefficient (Wildman–Crippen LogP) is 6.30. The maximum atomic E-state index is 12.9. The maximum absolute atomic E-state index is 12.9. The number of hydrogen-bond acceptors (Lipinski definition) is 16. The molecule has 2 aromatic rings. The average molecular weight is 1220 g/mol. The van der Waals surface area contributed by atoms with Crippen molar-refractivity contribution in [3.63, 3.8) is 0 Å². The Balaban J connectivity index is 0.00000149. The van der Waals surface area contributed by atoms with E-state index in [0.29, 0.717) is 86.3 Å². The summed E-state index contributed by atoms with van der Waals surface area (Å²) in [4.78, 5) is 68.2. The molecule has 0 bridgehead atoms. The van der Waals surface area contributed by atoms with Gasteiger partial charge in [-0.1, -0.05) is 67.5 Å². The summed E-state index contributed by atoms with van der Waals surface area (Å²) in [5, 5.41) is 43.4. The molecule has 22 nitrogen and oxygen atoms in total. The highest BCUT2D eigenvalue weighted by atomic mass is 16.5. The number of carbonyl (C=O) groups excluding carboxylic acids is 4. The number of hydrogen-bond donors (Lipinski definition) is 10. The third-order valence-electron chi connectivity index (χ3n) is 15.4. The minimum atomic E-state index is -1.26. The number of methoxy groups -OCH3 is 4. The van der Waals surface area contributed by atoms with Gasteiger partial charge in [0.2, 0.25) is 23.6 Å². The highest BCUT2D eigenvalue weighted by Gasteiger charge is 2.34. The lowest BCUT2D eigenvalue weighted by atomic mass is 9.80. The Kier molecular flexibility index (Phi) is 38.3. The van der Waals surface area contributed by atoms with Crippen molar-refractivity contribution in [2.75, 3.05) is 68.0 Å². The minimum absolute atomic E-state index is 0.00829. The molecule has 0 unspecified atom stereocenters. The number of amides is 4. The standard InChI is InChI=1S/2C30H53N3O6.C4H4O4/c2*1-19(2)22(14-21-10-11-26(38-8)27(15-21)39-13-9-12-37-7)16-24(31)25(34)17-23(20(3)4)28(35)33-18-30(5,6)29(32)36;5-3(6)1-2-4(7)8/h2*10-11,15,19-20,22-25,34H,9,12-14,16-18,31H2,1-8H3,(H2,32,36)(H,33,35);1-2H,(H,5,6)(H,7,8)/b;;2-1+/t2*22-,23+,24+,25+;/m11./s1. The largest absolute Gasteiger partial charge is 0.493 e. The van der Waals surface area contributed by atoms with Gasteiger partial charge in [0.15, 0.2) is 23.0 Å². The second-order valence-corrected chi connectivity index (χ2v) is 24.8. The van der Waals surface area contributed by atoms with Gasteiger partial charge in [-0.25, -0.2) is 9.59 Å². The van der Waals surface area contributed by atoms with Gasteiger partial charge in [-0.2, -0.15) is 0 Å². The molecule has 4 amide bonds. The Labute approximate surface area is 512 Å². The fourth-order valence-electron chi connectivity index (χ4n) is 8.92. The van der Waals surface area contributed by atoms with Gasteiger partial charge in [0.1, 0.15) is 0 Å². The fraction of sp³-hybridized carbons (Fsp3) is 0.688. The minimum Gasteiger partial charge on any atom is -0.493 e. The van der Waals surface area contributed by atoms with Gasteiger partial charge < -0.3 is 82.4 Å². The Morgan fingerprint density at radius 3 is 1.09 bits per heavy atom. The van der Waals surface area contributed by atoms with Crippen molar-refractivity contribution in [2.24, 2.45) is 81.1 Å². The van der Waals surface area contributed by atoms with Crippen molar-refractivity contribution < 1.29 is 77.6 Å². The molecule has 2 aromatic carbocycles. The number of carboxylic acids is 2. The van der Waals surface area contributed by atoms with Crippen molar-refractivity contribution >= 4 is 35.6 Å².